The number of aliphatic hydroxyl groups excluding tert-OH is 1. The van der Waals surface area contributed by atoms with Gasteiger partial charge in [0, 0.05) is 11.6 Å². The second-order valence-electron chi connectivity index (χ2n) is 4.70. The Labute approximate surface area is 122 Å². The zero-order valence-corrected chi connectivity index (χ0v) is 12.0. The number of benzene rings is 1. The van der Waals surface area contributed by atoms with Gasteiger partial charge in [-0.05, 0) is 24.1 Å². The minimum Gasteiger partial charge on any atom is -0.502 e. The maximum absolute atomic E-state index is 12.3. The van der Waals surface area contributed by atoms with Crippen LogP contribution in [-0.4, -0.2) is 28.4 Å². The van der Waals surface area contributed by atoms with E-state index in [1.54, 1.807) is 24.3 Å². The third kappa shape index (κ3) is 2.70. The van der Waals surface area contributed by atoms with E-state index in [2.05, 4.69) is 0 Å². The minimum atomic E-state index is -0.615. The van der Waals surface area contributed by atoms with Crippen LogP contribution in [0, 0.1) is 0 Å². The van der Waals surface area contributed by atoms with Gasteiger partial charge in [-0.2, -0.15) is 0 Å². The molecule has 0 unspecified atom stereocenters. The molecule has 0 saturated heterocycles. The van der Waals surface area contributed by atoms with Crippen molar-refractivity contribution in [3.63, 3.8) is 0 Å². The summed E-state index contributed by atoms with van der Waals surface area (Å²) in [5, 5.41) is 10.4. The number of aliphatic hydroxyl groups is 1. The number of carbonyl (C=O) groups is 2. The van der Waals surface area contributed by atoms with Gasteiger partial charge in [-0.15, -0.1) is 0 Å². The Morgan fingerprint density at radius 1 is 1.10 bits per heavy atom. The van der Waals surface area contributed by atoms with Crippen LogP contribution in [0.15, 0.2) is 30.0 Å². The van der Waals surface area contributed by atoms with Crippen LogP contribution in [0.1, 0.15) is 31.7 Å². The topological polar surface area (TPSA) is 57.6 Å². The molecule has 0 spiro atoms. The van der Waals surface area contributed by atoms with Crippen LogP contribution in [0.25, 0.3) is 5.57 Å². The zero-order chi connectivity index (χ0) is 14.7. The van der Waals surface area contributed by atoms with E-state index in [1.165, 1.54) is 0 Å². The van der Waals surface area contributed by atoms with Gasteiger partial charge in [0.05, 0.1) is 5.57 Å². The molecule has 4 nitrogen and oxygen atoms in total. The molecule has 0 radical (unpaired) electrons. The van der Waals surface area contributed by atoms with Crippen molar-refractivity contribution in [2.45, 2.75) is 26.2 Å². The van der Waals surface area contributed by atoms with E-state index in [0.29, 0.717) is 17.1 Å². The molecule has 1 N–H and O–H groups in total. The lowest BCUT2D eigenvalue weighted by Gasteiger charge is -2.13. The lowest BCUT2D eigenvalue weighted by atomic mass is 10.1. The van der Waals surface area contributed by atoms with Gasteiger partial charge < -0.3 is 5.11 Å². The fraction of sp³-hybridized carbons (Fsp3) is 0.333. The number of rotatable bonds is 5. The number of nitrogens with zero attached hydrogens (tertiary/aromatic N) is 1. The highest BCUT2D eigenvalue weighted by molar-refractivity contribution is 6.35. The molecule has 0 aromatic heterocycles. The molecule has 1 aliphatic rings. The Hall–Kier alpha value is -1.81. The van der Waals surface area contributed by atoms with Crippen molar-refractivity contribution in [3.8, 4) is 0 Å². The molecule has 2 amide bonds. The fourth-order valence-corrected chi connectivity index (χ4v) is 2.29. The van der Waals surface area contributed by atoms with Crippen molar-refractivity contribution < 1.29 is 14.7 Å². The summed E-state index contributed by atoms with van der Waals surface area (Å²) in [4.78, 5) is 25.3. The fourth-order valence-electron chi connectivity index (χ4n) is 2.16. The molecule has 0 atom stereocenters. The highest BCUT2D eigenvalue weighted by Crippen LogP contribution is 2.28. The first-order valence-corrected chi connectivity index (χ1v) is 6.99. The van der Waals surface area contributed by atoms with E-state index < -0.39 is 17.6 Å². The summed E-state index contributed by atoms with van der Waals surface area (Å²) in [5.41, 5.74) is 0.561. The van der Waals surface area contributed by atoms with Gasteiger partial charge in [0.2, 0.25) is 0 Å². The average molecular weight is 294 g/mol. The molecule has 106 valence electrons. The predicted molar refractivity (Wildman–Crippen MR) is 77.2 cm³/mol. The molecule has 1 aliphatic heterocycles. The Kier molecular flexibility index (Phi) is 4.45. The molecule has 0 aliphatic carbocycles. The summed E-state index contributed by atoms with van der Waals surface area (Å²) >= 11 is 5.79. The van der Waals surface area contributed by atoms with E-state index in [4.69, 9.17) is 11.6 Å². The normalized spacial score (nSPS) is 15.4. The van der Waals surface area contributed by atoms with Gasteiger partial charge in [-0.1, -0.05) is 43.5 Å². The summed E-state index contributed by atoms with van der Waals surface area (Å²) in [6, 6.07) is 6.48. The van der Waals surface area contributed by atoms with E-state index in [-0.39, 0.29) is 5.57 Å². The second kappa shape index (κ2) is 6.09. The maximum Gasteiger partial charge on any atom is 0.296 e. The van der Waals surface area contributed by atoms with E-state index >= 15 is 0 Å². The number of hydrogen-bond acceptors (Lipinski definition) is 3. The molecular formula is C15H16ClNO3. The Bertz CT molecular complexity index is 563. The van der Waals surface area contributed by atoms with Crippen LogP contribution in [0.5, 0.6) is 0 Å². The van der Waals surface area contributed by atoms with Crippen LogP contribution < -0.4 is 0 Å². The quantitative estimate of drug-likeness (QED) is 0.670. The van der Waals surface area contributed by atoms with Crippen molar-refractivity contribution in [1.82, 2.24) is 4.90 Å². The minimum absolute atomic E-state index is 0.0585. The first-order chi connectivity index (χ1) is 9.56. The molecule has 5 heteroatoms. The van der Waals surface area contributed by atoms with Crippen LogP contribution in [0.4, 0.5) is 0 Å². The largest absolute Gasteiger partial charge is 0.502 e. The first-order valence-electron chi connectivity index (χ1n) is 6.61. The van der Waals surface area contributed by atoms with Gasteiger partial charge in [0.25, 0.3) is 11.8 Å². The summed E-state index contributed by atoms with van der Waals surface area (Å²) in [6.45, 7) is 2.38. The average Bonchev–Trinajstić information content (AvgIpc) is 2.64. The maximum atomic E-state index is 12.3. The second-order valence-corrected chi connectivity index (χ2v) is 5.14. The van der Waals surface area contributed by atoms with Crippen molar-refractivity contribution >= 4 is 29.0 Å². The van der Waals surface area contributed by atoms with Crippen LogP contribution in [0.3, 0.4) is 0 Å². The summed E-state index contributed by atoms with van der Waals surface area (Å²) < 4.78 is 0. The standard InChI is InChI=1S/C15H16ClNO3/c1-2-3-4-9-17-14(19)12(13(18)15(17)20)10-5-7-11(16)8-6-10/h5-8,18H,2-4,9H2,1H3. The molecule has 1 aromatic rings. The lowest BCUT2D eigenvalue weighted by molar-refractivity contribution is -0.138. The van der Waals surface area contributed by atoms with Crippen LogP contribution in [0.2, 0.25) is 5.02 Å². The Morgan fingerprint density at radius 3 is 2.35 bits per heavy atom. The van der Waals surface area contributed by atoms with Crippen LogP contribution >= 0.6 is 11.6 Å². The zero-order valence-electron chi connectivity index (χ0n) is 11.2. The van der Waals surface area contributed by atoms with Crippen LogP contribution in [-0.2, 0) is 9.59 Å². The molecule has 0 bridgehead atoms. The van der Waals surface area contributed by atoms with E-state index in [9.17, 15) is 14.7 Å². The molecule has 1 heterocycles. The highest BCUT2D eigenvalue weighted by Gasteiger charge is 2.38. The third-order valence-corrected chi connectivity index (χ3v) is 3.51. The Morgan fingerprint density at radius 2 is 1.75 bits per heavy atom. The number of amides is 2. The number of imide groups is 1. The van der Waals surface area contributed by atoms with Gasteiger partial charge in [0.15, 0.2) is 5.76 Å². The van der Waals surface area contributed by atoms with E-state index in [1.807, 2.05) is 6.92 Å². The van der Waals surface area contributed by atoms with Crippen molar-refractivity contribution in [3.05, 3.63) is 40.6 Å². The molecular weight excluding hydrogens is 278 g/mol. The monoisotopic (exact) mass is 293 g/mol. The lowest BCUT2D eigenvalue weighted by Crippen LogP contribution is -2.32. The smallest absolute Gasteiger partial charge is 0.296 e. The molecule has 2 rings (SSSR count). The summed E-state index contributed by atoms with van der Waals surface area (Å²) in [7, 11) is 0. The summed E-state index contributed by atoms with van der Waals surface area (Å²) in [5.74, 6) is -1.53. The number of halogens is 1. The van der Waals surface area contributed by atoms with Crippen molar-refractivity contribution in [1.29, 1.82) is 0 Å². The van der Waals surface area contributed by atoms with Crippen molar-refractivity contribution in [2.24, 2.45) is 0 Å². The molecule has 0 fully saturated rings. The molecule has 20 heavy (non-hydrogen) atoms. The van der Waals surface area contributed by atoms with Gasteiger partial charge in [-0.3, -0.25) is 14.5 Å². The third-order valence-electron chi connectivity index (χ3n) is 3.26. The molecule has 0 saturated carbocycles. The first kappa shape index (κ1) is 14.6. The molecule has 1 aromatic carbocycles. The number of unbranched alkanes of at least 4 members (excludes halogenated alkanes) is 2. The van der Waals surface area contributed by atoms with E-state index in [0.717, 1.165) is 24.2 Å². The van der Waals surface area contributed by atoms with Crippen molar-refractivity contribution in [2.75, 3.05) is 6.54 Å². The highest BCUT2D eigenvalue weighted by atomic mass is 35.5. The van der Waals surface area contributed by atoms with Gasteiger partial charge in [0.1, 0.15) is 0 Å². The van der Waals surface area contributed by atoms with Gasteiger partial charge >= 0.3 is 0 Å². The SMILES string of the molecule is CCCCCN1C(=O)C(O)=C(c2ccc(Cl)cc2)C1=O. The number of carbonyl (C=O) groups excluding carboxylic acids is 2. The number of hydrogen-bond donors (Lipinski definition) is 1. The summed E-state index contributed by atoms with van der Waals surface area (Å²) in [6.07, 6.45) is 2.68. The predicted octanol–water partition coefficient (Wildman–Crippen LogP) is 3.17. The van der Waals surface area contributed by atoms with Gasteiger partial charge in [-0.25, -0.2) is 0 Å². The Balaban J connectivity index is 2.23.